The number of benzene rings is 1. The highest BCUT2D eigenvalue weighted by Gasteiger charge is 2.33. The number of hydrogen-bond donors (Lipinski definition) is 1. The fourth-order valence-electron chi connectivity index (χ4n) is 2.44. The number of Topliss-reactive ketones (excluding diaryl/α,β-unsaturated/α-hetero) is 1. The lowest BCUT2D eigenvalue weighted by molar-refractivity contribution is -0.136. The molecule has 92 valence electrons. The van der Waals surface area contributed by atoms with Crippen molar-refractivity contribution in [1.29, 1.82) is 0 Å². The lowest BCUT2D eigenvalue weighted by Gasteiger charge is -2.30. The highest BCUT2D eigenvalue weighted by atomic mass is 16.7. The molecule has 1 aromatic carbocycles. The largest absolute Gasteiger partial charge is 0.297 e. The van der Waals surface area contributed by atoms with Gasteiger partial charge in [0.15, 0.2) is 5.78 Å². The monoisotopic (exact) mass is 233 g/mol. The highest BCUT2D eigenvalue weighted by Crippen LogP contribution is 2.28. The van der Waals surface area contributed by atoms with E-state index in [0.717, 1.165) is 12.1 Å². The van der Waals surface area contributed by atoms with E-state index in [1.54, 1.807) is 0 Å². The number of para-hydroxylation sites is 1. The van der Waals surface area contributed by atoms with Crippen LogP contribution in [0.3, 0.4) is 0 Å². The van der Waals surface area contributed by atoms with Crippen LogP contribution in [0.25, 0.3) is 0 Å². The topological polar surface area (TPSA) is 38.3 Å². The molecule has 0 spiro atoms. The summed E-state index contributed by atoms with van der Waals surface area (Å²) in [6.45, 7) is 4.19. The van der Waals surface area contributed by atoms with Crippen LogP contribution in [0.5, 0.6) is 0 Å². The van der Waals surface area contributed by atoms with Crippen molar-refractivity contribution in [2.75, 3.05) is 5.48 Å². The van der Waals surface area contributed by atoms with Crippen LogP contribution in [0.4, 0.5) is 5.69 Å². The quantitative estimate of drug-likeness (QED) is 0.815. The number of rotatable bonds is 3. The van der Waals surface area contributed by atoms with Crippen molar-refractivity contribution >= 4 is 11.5 Å². The Morgan fingerprint density at radius 1 is 1.24 bits per heavy atom. The first-order valence-electron chi connectivity index (χ1n) is 6.16. The molecule has 1 fully saturated rings. The smallest absolute Gasteiger partial charge is 0.164 e. The molecule has 0 aliphatic heterocycles. The van der Waals surface area contributed by atoms with E-state index in [4.69, 9.17) is 4.84 Å². The standard InChI is InChI=1S/C14H19NO2/c1-10-8-11(2)14(13(16)9-10)17-15-12-6-4-3-5-7-12/h3-7,10-11,14-15H,8-9H2,1-2H3/t10-,11+,14+/m0/s1. The Hall–Kier alpha value is -1.35. The summed E-state index contributed by atoms with van der Waals surface area (Å²) in [4.78, 5) is 17.4. The SMILES string of the molecule is C[C@@H]1CC(=O)[C@H](ONc2ccccc2)[C@H](C)C1. The van der Waals surface area contributed by atoms with Crippen LogP contribution in [0.2, 0.25) is 0 Å². The molecular weight excluding hydrogens is 214 g/mol. The van der Waals surface area contributed by atoms with Crippen molar-refractivity contribution in [3.63, 3.8) is 0 Å². The molecule has 0 amide bonds. The van der Waals surface area contributed by atoms with E-state index in [-0.39, 0.29) is 17.8 Å². The second-order valence-corrected chi connectivity index (χ2v) is 5.00. The fourth-order valence-corrected chi connectivity index (χ4v) is 2.44. The van der Waals surface area contributed by atoms with Gasteiger partial charge in [-0.05, 0) is 30.4 Å². The predicted octanol–water partition coefficient (Wildman–Crippen LogP) is 3.03. The van der Waals surface area contributed by atoms with Gasteiger partial charge in [-0.3, -0.25) is 15.1 Å². The maximum Gasteiger partial charge on any atom is 0.164 e. The number of ketones is 1. The molecular formula is C14H19NO2. The predicted molar refractivity (Wildman–Crippen MR) is 67.5 cm³/mol. The van der Waals surface area contributed by atoms with Gasteiger partial charge in [0.05, 0.1) is 5.69 Å². The fraction of sp³-hybridized carbons (Fsp3) is 0.500. The highest BCUT2D eigenvalue weighted by molar-refractivity contribution is 5.84. The molecule has 1 aromatic rings. The summed E-state index contributed by atoms with van der Waals surface area (Å²) >= 11 is 0. The molecule has 0 bridgehead atoms. The van der Waals surface area contributed by atoms with Crippen LogP contribution in [0.1, 0.15) is 26.7 Å². The summed E-state index contributed by atoms with van der Waals surface area (Å²) < 4.78 is 0. The van der Waals surface area contributed by atoms with E-state index >= 15 is 0 Å². The molecule has 0 heterocycles. The van der Waals surface area contributed by atoms with Crippen LogP contribution >= 0.6 is 0 Å². The Balaban J connectivity index is 1.92. The molecule has 3 nitrogen and oxygen atoms in total. The van der Waals surface area contributed by atoms with Gasteiger partial charge < -0.3 is 0 Å². The van der Waals surface area contributed by atoms with E-state index in [9.17, 15) is 4.79 Å². The van der Waals surface area contributed by atoms with Gasteiger partial charge in [0.25, 0.3) is 0 Å². The Morgan fingerprint density at radius 3 is 2.59 bits per heavy atom. The molecule has 1 N–H and O–H groups in total. The third kappa shape index (κ3) is 3.07. The van der Waals surface area contributed by atoms with E-state index in [2.05, 4.69) is 19.3 Å². The Kier molecular flexibility index (Phi) is 3.79. The second kappa shape index (κ2) is 5.32. The Labute approximate surface area is 102 Å². The number of anilines is 1. The molecule has 0 radical (unpaired) electrons. The zero-order chi connectivity index (χ0) is 12.3. The molecule has 1 aliphatic rings. The average Bonchev–Trinajstić information content (AvgIpc) is 2.29. The van der Waals surface area contributed by atoms with Gasteiger partial charge >= 0.3 is 0 Å². The van der Waals surface area contributed by atoms with Crippen LogP contribution < -0.4 is 5.48 Å². The van der Waals surface area contributed by atoms with Crippen molar-refractivity contribution in [3.05, 3.63) is 30.3 Å². The molecule has 1 aliphatic carbocycles. The lowest BCUT2D eigenvalue weighted by Crippen LogP contribution is -2.38. The normalized spacial score (nSPS) is 29.1. The minimum atomic E-state index is -0.314. The molecule has 0 aromatic heterocycles. The van der Waals surface area contributed by atoms with E-state index in [1.165, 1.54) is 0 Å². The zero-order valence-electron chi connectivity index (χ0n) is 10.3. The van der Waals surface area contributed by atoms with E-state index in [1.807, 2.05) is 30.3 Å². The summed E-state index contributed by atoms with van der Waals surface area (Å²) in [5.74, 6) is 0.969. The Morgan fingerprint density at radius 2 is 1.94 bits per heavy atom. The van der Waals surface area contributed by atoms with Gasteiger partial charge in [0.1, 0.15) is 6.10 Å². The molecule has 3 heteroatoms. The van der Waals surface area contributed by atoms with Gasteiger partial charge in [-0.15, -0.1) is 0 Å². The molecule has 1 saturated carbocycles. The van der Waals surface area contributed by atoms with E-state index < -0.39 is 0 Å². The maximum atomic E-state index is 11.9. The van der Waals surface area contributed by atoms with Crippen molar-refractivity contribution < 1.29 is 9.63 Å². The number of hydrogen-bond acceptors (Lipinski definition) is 3. The van der Waals surface area contributed by atoms with Crippen LogP contribution in [0, 0.1) is 11.8 Å². The maximum absolute atomic E-state index is 11.9. The number of nitrogens with one attached hydrogen (secondary N) is 1. The third-order valence-electron chi connectivity index (χ3n) is 3.24. The lowest BCUT2D eigenvalue weighted by atomic mass is 9.80. The summed E-state index contributed by atoms with van der Waals surface area (Å²) in [6.07, 6.45) is 1.37. The molecule has 3 atom stereocenters. The van der Waals surface area contributed by atoms with Gasteiger partial charge in [-0.1, -0.05) is 32.0 Å². The molecule has 0 unspecified atom stereocenters. The summed E-state index contributed by atoms with van der Waals surface area (Å²) in [7, 11) is 0. The van der Waals surface area contributed by atoms with Crippen LogP contribution in [-0.2, 0) is 9.63 Å². The van der Waals surface area contributed by atoms with Crippen molar-refractivity contribution in [1.82, 2.24) is 0 Å². The van der Waals surface area contributed by atoms with Crippen molar-refractivity contribution in [3.8, 4) is 0 Å². The van der Waals surface area contributed by atoms with Crippen LogP contribution in [-0.4, -0.2) is 11.9 Å². The summed E-state index contributed by atoms with van der Waals surface area (Å²) in [5.41, 5.74) is 3.75. The number of carbonyl (C=O) groups is 1. The first-order chi connectivity index (χ1) is 8.16. The Bertz CT molecular complexity index is 377. The number of carbonyl (C=O) groups excluding carboxylic acids is 1. The first kappa shape index (κ1) is 12.1. The van der Waals surface area contributed by atoms with E-state index in [0.29, 0.717) is 12.3 Å². The van der Waals surface area contributed by atoms with Crippen LogP contribution in [0.15, 0.2) is 30.3 Å². The second-order valence-electron chi connectivity index (χ2n) is 5.00. The van der Waals surface area contributed by atoms with Gasteiger partial charge in [-0.2, -0.15) is 0 Å². The van der Waals surface area contributed by atoms with Crippen molar-refractivity contribution in [2.45, 2.75) is 32.8 Å². The average molecular weight is 233 g/mol. The molecule has 0 saturated heterocycles. The third-order valence-corrected chi connectivity index (χ3v) is 3.24. The minimum Gasteiger partial charge on any atom is -0.297 e. The van der Waals surface area contributed by atoms with Gasteiger partial charge in [-0.25, -0.2) is 0 Å². The van der Waals surface area contributed by atoms with Gasteiger partial charge in [0.2, 0.25) is 0 Å². The first-order valence-corrected chi connectivity index (χ1v) is 6.16. The zero-order valence-corrected chi connectivity index (χ0v) is 10.3. The molecule has 2 rings (SSSR count). The minimum absolute atomic E-state index is 0.208. The van der Waals surface area contributed by atoms with Gasteiger partial charge in [0, 0.05) is 6.42 Å². The van der Waals surface area contributed by atoms with Crippen molar-refractivity contribution in [2.24, 2.45) is 11.8 Å². The summed E-state index contributed by atoms with van der Waals surface area (Å²) in [6, 6.07) is 9.64. The molecule has 17 heavy (non-hydrogen) atoms. The summed E-state index contributed by atoms with van der Waals surface area (Å²) in [5, 5.41) is 0.